The van der Waals surface area contributed by atoms with Crippen LogP contribution < -0.4 is 15.0 Å². The summed E-state index contributed by atoms with van der Waals surface area (Å²) in [6.07, 6.45) is 1.77. The van der Waals surface area contributed by atoms with Gasteiger partial charge in [-0.3, -0.25) is 9.36 Å². The maximum Gasteiger partial charge on any atom is 0.298 e. The smallest absolute Gasteiger partial charge is 0.298 e. The first-order valence-corrected chi connectivity index (χ1v) is 7.83. The number of pyridine rings is 1. The quantitative estimate of drug-likeness (QED) is 0.715. The molecule has 3 rings (SSSR count). The van der Waals surface area contributed by atoms with Crippen molar-refractivity contribution >= 4 is 0 Å². The number of benzene rings is 2. The van der Waals surface area contributed by atoms with Gasteiger partial charge in [0.1, 0.15) is 5.75 Å². The number of ether oxygens (including phenoxy) is 2. The molecule has 0 unspecified atom stereocenters. The van der Waals surface area contributed by atoms with Crippen molar-refractivity contribution < 1.29 is 9.47 Å². The monoisotopic (exact) mass is 321 g/mol. The first-order valence-electron chi connectivity index (χ1n) is 7.83. The van der Waals surface area contributed by atoms with Crippen LogP contribution in [0.5, 0.6) is 11.5 Å². The first kappa shape index (κ1) is 15.9. The fourth-order valence-electron chi connectivity index (χ4n) is 2.59. The van der Waals surface area contributed by atoms with Crippen LogP contribution in [0.4, 0.5) is 0 Å². The third-order valence-electron chi connectivity index (χ3n) is 3.77. The summed E-state index contributed by atoms with van der Waals surface area (Å²) in [5, 5.41) is 0. The van der Waals surface area contributed by atoms with Gasteiger partial charge in [0.15, 0.2) is 5.75 Å². The summed E-state index contributed by atoms with van der Waals surface area (Å²) in [5.41, 5.74) is 2.34. The highest BCUT2D eigenvalue weighted by Crippen LogP contribution is 2.27. The van der Waals surface area contributed by atoms with Crippen LogP contribution in [0.25, 0.3) is 16.8 Å². The Morgan fingerprint density at radius 2 is 1.67 bits per heavy atom. The van der Waals surface area contributed by atoms with Crippen molar-refractivity contribution in [3.8, 4) is 28.3 Å². The van der Waals surface area contributed by atoms with Crippen molar-refractivity contribution in [2.75, 3.05) is 13.7 Å². The van der Waals surface area contributed by atoms with Gasteiger partial charge in [-0.2, -0.15) is 0 Å². The summed E-state index contributed by atoms with van der Waals surface area (Å²) >= 11 is 0. The Morgan fingerprint density at radius 1 is 0.958 bits per heavy atom. The molecule has 122 valence electrons. The fraction of sp³-hybridized carbons (Fsp3) is 0.150. The van der Waals surface area contributed by atoms with Gasteiger partial charge in [0, 0.05) is 17.4 Å². The molecule has 24 heavy (non-hydrogen) atoms. The van der Waals surface area contributed by atoms with Crippen LogP contribution in [0.2, 0.25) is 0 Å². The minimum absolute atomic E-state index is 0.177. The summed E-state index contributed by atoms with van der Waals surface area (Å²) in [6, 6.07) is 19.0. The van der Waals surface area contributed by atoms with Crippen LogP contribution in [-0.4, -0.2) is 18.3 Å². The van der Waals surface area contributed by atoms with Crippen molar-refractivity contribution in [2.24, 2.45) is 0 Å². The molecule has 0 N–H and O–H groups in total. The molecule has 0 radical (unpaired) electrons. The molecule has 4 heteroatoms. The van der Waals surface area contributed by atoms with Gasteiger partial charge >= 0.3 is 0 Å². The standard InChI is InChI=1S/C20H19NO3/c1-3-24-19-18(15-7-5-4-6-8-15)13-14-21(20(19)22)16-9-11-17(23-2)12-10-16/h4-14H,3H2,1-2H3. The zero-order chi connectivity index (χ0) is 16.9. The van der Waals surface area contributed by atoms with Gasteiger partial charge in [0.25, 0.3) is 5.56 Å². The van der Waals surface area contributed by atoms with E-state index in [-0.39, 0.29) is 5.56 Å². The minimum Gasteiger partial charge on any atom is -0.497 e. The zero-order valence-corrected chi connectivity index (χ0v) is 13.7. The lowest BCUT2D eigenvalue weighted by Crippen LogP contribution is -2.20. The molecule has 0 saturated heterocycles. The highest BCUT2D eigenvalue weighted by molar-refractivity contribution is 5.70. The van der Waals surface area contributed by atoms with Crippen molar-refractivity contribution in [1.82, 2.24) is 4.57 Å². The Balaban J connectivity index is 2.13. The van der Waals surface area contributed by atoms with E-state index in [4.69, 9.17) is 9.47 Å². The fourth-order valence-corrected chi connectivity index (χ4v) is 2.59. The Morgan fingerprint density at radius 3 is 2.29 bits per heavy atom. The van der Waals surface area contributed by atoms with Crippen LogP contribution in [0, 0.1) is 0 Å². The second kappa shape index (κ2) is 7.04. The molecule has 0 aliphatic heterocycles. The average molecular weight is 321 g/mol. The average Bonchev–Trinajstić information content (AvgIpc) is 2.64. The molecule has 4 nitrogen and oxygen atoms in total. The molecule has 1 aromatic heterocycles. The molecule has 0 atom stereocenters. The predicted octanol–water partition coefficient (Wildman–Crippen LogP) is 3.91. The van der Waals surface area contributed by atoms with E-state index < -0.39 is 0 Å². The number of hydrogen-bond acceptors (Lipinski definition) is 3. The van der Waals surface area contributed by atoms with Crippen molar-refractivity contribution in [3.05, 3.63) is 77.2 Å². The molecular weight excluding hydrogens is 302 g/mol. The topological polar surface area (TPSA) is 40.5 Å². The van der Waals surface area contributed by atoms with E-state index in [9.17, 15) is 4.79 Å². The summed E-state index contributed by atoms with van der Waals surface area (Å²) in [5.74, 6) is 1.11. The maximum absolute atomic E-state index is 12.9. The number of methoxy groups -OCH3 is 1. The SMILES string of the molecule is CCOc1c(-c2ccccc2)ccn(-c2ccc(OC)cc2)c1=O. The molecule has 0 amide bonds. The summed E-state index contributed by atoms with van der Waals surface area (Å²) in [4.78, 5) is 12.9. The molecule has 0 aliphatic carbocycles. The number of aromatic nitrogens is 1. The third kappa shape index (κ3) is 3.04. The van der Waals surface area contributed by atoms with Crippen LogP contribution in [0.15, 0.2) is 71.7 Å². The van der Waals surface area contributed by atoms with Crippen LogP contribution in [0.1, 0.15) is 6.92 Å². The van der Waals surface area contributed by atoms with E-state index >= 15 is 0 Å². The molecule has 2 aromatic carbocycles. The molecule has 3 aromatic rings. The van der Waals surface area contributed by atoms with Crippen LogP contribution in [-0.2, 0) is 0 Å². The Labute approximate surface area is 140 Å². The molecule has 0 fully saturated rings. The lowest BCUT2D eigenvalue weighted by atomic mass is 10.1. The van der Waals surface area contributed by atoms with Gasteiger partial charge in [-0.05, 0) is 42.8 Å². The number of nitrogens with zero attached hydrogens (tertiary/aromatic N) is 1. The Hall–Kier alpha value is -3.01. The van der Waals surface area contributed by atoms with Gasteiger partial charge in [0.05, 0.1) is 13.7 Å². The second-order valence-electron chi connectivity index (χ2n) is 5.23. The first-order chi connectivity index (χ1) is 11.7. The van der Waals surface area contributed by atoms with Gasteiger partial charge in [-0.25, -0.2) is 0 Å². The normalized spacial score (nSPS) is 10.4. The number of hydrogen-bond donors (Lipinski definition) is 0. The van der Waals surface area contributed by atoms with Crippen molar-refractivity contribution in [2.45, 2.75) is 6.92 Å². The lowest BCUT2D eigenvalue weighted by Gasteiger charge is -2.13. The van der Waals surface area contributed by atoms with Crippen molar-refractivity contribution in [1.29, 1.82) is 0 Å². The molecule has 0 saturated carbocycles. The van der Waals surface area contributed by atoms with E-state index in [1.165, 1.54) is 0 Å². The highest BCUT2D eigenvalue weighted by atomic mass is 16.5. The highest BCUT2D eigenvalue weighted by Gasteiger charge is 2.14. The van der Waals surface area contributed by atoms with E-state index in [0.29, 0.717) is 12.4 Å². The molecule has 0 bridgehead atoms. The summed E-state index contributed by atoms with van der Waals surface area (Å²) in [6.45, 7) is 2.31. The van der Waals surface area contributed by atoms with E-state index in [0.717, 1.165) is 22.6 Å². The maximum atomic E-state index is 12.9. The van der Waals surface area contributed by atoms with Gasteiger partial charge in [0.2, 0.25) is 0 Å². The molecule has 1 heterocycles. The van der Waals surface area contributed by atoms with Gasteiger partial charge in [-0.15, -0.1) is 0 Å². The van der Waals surface area contributed by atoms with E-state index in [1.54, 1.807) is 17.9 Å². The Bertz CT molecular complexity index is 868. The lowest BCUT2D eigenvalue weighted by molar-refractivity contribution is 0.335. The van der Waals surface area contributed by atoms with Gasteiger partial charge < -0.3 is 9.47 Å². The summed E-state index contributed by atoms with van der Waals surface area (Å²) in [7, 11) is 1.61. The number of rotatable bonds is 5. The summed E-state index contributed by atoms with van der Waals surface area (Å²) < 4.78 is 12.4. The molecular formula is C20H19NO3. The molecule has 0 aliphatic rings. The van der Waals surface area contributed by atoms with E-state index in [1.807, 2.05) is 67.6 Å². The van der Waals surface area contributed by atoms with Crippen molar-refractivity contribution in [3.63, 3.8) is 0 Å². The van der Waals surface area contributed by atoms with Crippen LogP contribution >= 0.6 is 0 Å². The minimum atomic E-state index is -0.177. The van der Waals surface area contributed by atoms with E-state index in [2.05, 4.69) is 0 Å². The Kier molecular flexibility index (Phi) is 4.66. The second-order valence-corrected chi connectivity index (χ2v) is 5.23. The zero-order valence-electron chi connectivity index (χ0n) is 13.7. The third-order valence-corrected chi connectivity index (χ3v) is 3.77. The van der Waals surface area contributed by atoms with Crippen LogP contribution in [0.3, 0.4) is 0 Å². The largest absolute Gasteiger partial charge is 0.497 e. The molecule has 0 spiro atoms. The van der Waals surface area contributed by atoms with Gasteiger partial charge in [-0.1, -0.05) is 30.3 Å². The predicted molar refractivity (Wildman–Crippen MR) is 95.2 cm³/mol.